The van der Waals surface area contributed by atoms with Crippen LogP contribution in [0.25, 0.3) is 0 Å². The fourth-order valence-electron chi connectivity index (χ4n) is 9.35. The van der Waals surface area contributed by atoms with Crippen molar-refractivity contribution >= 4 is 11.6 Å². The van der Waals surface area contributed by atoms with Crippen LogP contribution in [-0.2, 0) is 27.5 Å². The molecule has 3 aliphatic carbocycles. The molecule has 3 aromatic carbocycles. The summed E-state index contributed by atoms with van der Waals surface area (Å²) in [5.41, 5.74) is 3.78. The van der Waals surface area contributed by atoms with Crippen LogP contribution < -0.4 is 9.47 Å². The Bertz CT molecular complexity index is 1950. The summed E-state index contributed by atoms with van der Waals surface area (Å²) < 4.78 is 49.5. The predicted molar refractivity (Wildman–Crippen MR) is 217 cm³/mol. The number of benzene rings is 3. The van der Waals surface area contributed by atoms with Crippen LogP contribution in [0.1, 0.15) is 87.3 Å². The molecule has 6 unspecified atom stereocenters. The largest absolute Gasteiger partial charge is 0.489 e. The van der Waals surface area contributed by atoms with Crippen molar-refractivity contribution in [1.29, 1.82) is 0 Å². The number of carbonyl (C=O) groups is 1. The van der Waals surface area contributed by atoms with Crippen molar-refractivity contribution in [2.45, 2.75) is 95.6 Å². The number of hydrogen-bond acceptors (Lipinski definition) is 8. The van der Waals surface area contributed by atoms with Gasteiger partial charge in [-0.25, -0.2) is 8.78 Å². The Balaban J connectivity index is 1.42. The standard InChI is InChI=1S/C47H56F2N2O7/c1-3-25-56-47-43(51(46(54)32-17-18-32)29-31-15-19-35(48)20-16-31)28-41(50-57-4-2)38-26-33(11-7-9-23-52)37(13-8-10-24-53)44(45(38)47)39-27-36(21-22-42(39)58-47)55-30-34-12-5-6-14-40(34)49/h3,5-6,12,14-16,19-22,26-27,32-33,37,43-45,52-53H,1,4,7-11,13,17-18,23-25,28-30H2,2H3. The molecule has 7 rings (SSSR count). The van der Waals surface area contributed by atoms with Gasteiger partial charge in [0.2, 0.25) is 11.7 Å². The Hall–Kier alpha value is -4.58. The van der Waals surface area contributed by atoms with Gasteiger partial charge in [0.05, 0.1) is 18.2 Å². The maximum atomic E-state index is 14.7. The molecule has 1 amide bonds. The third kappa shape index (κ3) is 8.87. The highest BCUT2D eigenvalue weighted by Crippen LogP contribution is 2.62. The molecule has 1 heterocycles. The van der Waals surface area contributed by atoms with Crippen molar-refractivity contribution in [2.75, 3.05) is 26.4 Å². The zero-order valence-corrected chi connectivity index (χ0v) is 33.4. The molecule has 2 N–H and O–H groups in total. The first-order valence-corrected chi connectivity index (χ1v) is 20.9. The molecule has 6 atom stereocenters. The molecule has 3 aromatic rings. The summed E-state index contributed by atoms with van der Waals surface area (Å²) in [5.74, 6) is -1.72. The molecule has 2 saturated carbocycles. The molecule has 1 aliphatic heterocycles. The van der Waals surface area contributed by atoms with E-state index in [1.807, 2.05) is 30.0 Å². The van der Waals surface area contributed by atoms with Gasteiger partial charge in [0, 0.05) is 49.1 Å². The average Bonchev–Trinajstić information content (AvgIpc) is 4.09. The number of oxime groups is 1. The lowest BCUT2D eigenvalue weighted by molar-refractivity contribution is -0.258. The summed E-state index contributed by atoms with van der Waals surface area (Å²) in [4.78, 5) is 22.3. The summed E-state index contributed by atoms with van der Waals surface area (Å²) in [7, 11) is 0. The van der Waals surface area contributed by atoms with Gasteiger partial charge in [-0.3, -0.25) is 4.79 Å². The second kappa shape index (κ2) is 19.0. The zero-order chi connectivity index (χ0) is 40.6. The van der Waals surface area contributed by atoms with E-state index >= 15 is 0 Å². The number of aliphatic hydroxyl groups excluding tert-OH is 2. The minimum atomic E-state index is -1.41. The van der Waals surface area contributed by atoms with E-state index in [1.165, 1.54) is 18.2 Å². The first-order valence-electron chi connectivity index (χ1n) is 20.9. The highest BCUT2D eigenvalue weighted by Gasteiger charge is 2.66. The fourth-order valence-corrected chi connectivity index (χ4v) is 9.35. The van der Waals surface area contributed by atoms with E-state index in [9.17, 15) is 23.8 Å². The van der Waals surface area contributed by atoms with E-state index in [2.05, 4.69) is 12.7 Å². The van der Waals surface area contributed by atoms with Gasteiger partial charge in [-0.15, -0.1) is 6.58 Å². The normalized spacial score (nSPS) is 25.2. The molecule has 2 fully saturated rings. The minimum Gasteiger partial charge on any atom is -0.489 e. The molecular weight excluding hydrogens is 743 g/mol. The third-order valence-corrected chi connectivity index (χ3v) is 12.2. The Labute approximate surface area is 340 Å². The van der Waals surface area contributed by atoms with Gasteiger partial charge >= 0.3 is 0 Å². The van der Waals surface area contributed by atoms with Gasteiger partial charge in [-0.1, -0.05) is 60.5 Å². The van der Waals surface area contributed by atoms with Crippen molar-refractivity contribution in [3.8, 4) is 11.5 Å². The van der Waals surface area contributed by atoms with Gasteiger partial charge in [-0.2, -0.15) is 0 Å². The summed E-state index contributed by atoms with van der Waals surface area (Å²) in [5, 5.41) is 24.5. The lowest BCUT2D eigenvalue weighted by atomic mass is 9.55. The highest BCUT2D eigenvalue weighted by molar-refractivity contribution is 6.03. The van der Waals surface area contributed by atoms with Crippen LogP contribution in [0.15, 0.2) is 96.2 Å². The number of fused-ring (bicyclic) bond motifs is 2. The van der Waals surface area contributed by atoms with E-state index in [1.54, 1.807) is 36.4 Å². The molecule has 58 heavy (non-hydrogen) atoms. The molecule has 310 valence electrons. The van der Waals surface area contributed by atoms with E-state index in [0.717, 1.165) is 55.2 Å². The second-order valence-electron chi connectivity index (χ2n) is 15.9. The lowest BCUT2D eigenvalue weighted by Gasteiger charge is -2.60. The predicted octanol–water partition coefficient (Wildman–Crippen LogP) is 8.64. The van der Waals surface area contributed by atoms with Crippen molar-refractivity contribution in [3.05, 3.63) is 119 Å². The van der Waals surface area contributed by atoms with Crippen molar-refractivity contribution in [2.24, 2.45) is 28.8 Å². The van der Waals surface area contributed by atoms with Gasteiger partial charge < -0.3 is 34.2 Å². The smallest absolute Gasteiger partial charge is 0.239 e. The van der Waals surface area contributed by atoms with Crippen molar-refractivity contribution in [1.82, 2.24) is 4.90 Å². The highest BCUT2D eigenvalue weighted by atomic mass is 19.1. The molecule has 0 saturated heterocycles. The number of nitrogens with zero attached hydrogens (tertiary/aromatic N) is 2. The minimum absolute atomic E-state index is 0.0147. The lowest BCUT2D eigenvalue weighted by Crippen LogP contribution is -2.70. The Kier molecular flexibility index (Phi) is 13.6. The molecule has 0 radical (unpaired) electrons. The summed E-state index contributed by atoms with van der Waals surface area (Å²) in [6.45, 7) is 6.80. The molecular formula is C47H56F2N2O7. The van der Waals surface area contributed by atoms with E-state index in [-0.39, 0.29) is 80.6 Å². The second-order valence-corrected chi connectivity index (χ2v) is 15.9. The maximum absolute atomic E-state index is 14.7. The first kappa shape index (κ1) is 41.6. The van der Waals surface area contributed by atoms with Gasteiger partial charge in [-0.05, 0) is 105 Å². The molecule has 0 aromatic heterocycles. The van der Waals surface area contributed by atoms with Crippen LogP contribution in [0, 0.1) is 35.3 Å². The SMILES string of the molecule is C=CCOC12Oc3ccc(OCc4ccccc4F)cc3C3C(CCCCO)C(CCCCO)C=C(C(=NOCC)CC1N(Cc1ccc(F)cc1)C(=O)C1CC1)C32. The number of rotatable bonds is 20. The number of carbonyl (C=O) groups excluding carboxylic acids is 1. The molecule has 4 aliphatic rings. The number of ether oxygens (including phenoxy) is 3. The van der Waals surface area contributed by atoms with Crippen molar-refractivity contribution < 1.29 is 42.8 Å². The third-order valence-electron chi connectivity index (χ3n) is 12.2. The van der Waals surface area contributed by atoms with Crippen molar-refractivity contribution in [3.63, 3.8) is 0 Å². The average molecular weight is 799 g/mol. The number of aliphatic hydroxyl groups is 2. The van der Waals surface area contributed by atoms with E-state index < -0.39 is 17.7 Å². The van der Waals surface area contributed by atoms with Crippen LogP contribution in [-0.4, -0.2) is 65.0 Å². The van der Waals surface area contributed by atoms with Gasteiger partial charge in [0.15, 0.2) is 0 Å². The van der Waals surface area contributed by atoms with Crippen LogP contribution in [0.5, 0.6) is 11.5 Å². The first-order chi connectivity index (χ1) is 28.3. The zero-order valence-electron chi connectivity index (χ0n) is 33.4. The van der Waals surface area contributed by atoms with Crippen LogP contribution in [0.2, 0.25) is 0 Å². The topological polar surface area (TPSA) is 110 Å². The Morgan fingerprint density at radius 3 is 2.48 bits per heavy atom. The summed E-state index contributed by atoms with van der Waals surface area (Å²) >= 11 is 0. The Morgan fingerprint density at radius 2 is 1.78 bits per heavy atom. The summed E-state index contributed by atoms with van der Waals surface area (Å²) in [6.07, 6.45) is 10.4. The van der Waals surface area contributed by atoms with E-state index in [0.29, 0.717) is 42.2 Å². The molecule has 11 heteroatoms. The monoisotopic (exact) mass is 798 g/mol. The number of unbranched alkanes of at least 4 members (excludes halogenated alkanes) is 2. The number of halogens is 2. The fraction of sp³-hybridized carbons (Fsp3) is 0.489. The maximum Gasteiger partial charge on any atom is 0.239 e. The van der Waals surface area contributed by atoms with E-state index in [4.69, 9.17) is 24.2 Å². The number of hydrogen-bond donors (Lipinski definition) is 2. The summed E-state index contributed by atoms with van der Waals surface area (Å²) in [6, 6.07) is 17.8. The number of amides is 1. The molecule has 0 bridgehead atoms. The van der Waals surface area contributed by atoms with Crippen LogP contribution in [0.3, 0.4) is 0 Å². The van der Waals surface area contributed by atoms with Crippen LogP contribution >= 0.6 is 0 Å². The quantitative estimate of drug-likeness (QED) is 0.0670. The van der Waals surface area contributed by atoms with Gasteiger partial charge in [0.1, 0.15) is 42.4 Å². The Morgan fingerprint density at radius 1 is 1.02 bits per heavy atom. The molecule has 0 spiro atoms. The number of allylic oxidation sites excluding steroid dienone is 1. The molecule has 9 nitrogen and oxygen atoms in total. The van der Waals surface area contributed by atoms with Crippen LogP contribution in [0.4, 0.5) is 8.78 Å². The van der Waals surface area contributed by atoms with Gasteiger partial charge in [0.25, 0.3) is 0 Å².